The molecule has 2 atom stereocenters. The Morgan fingerprint density at radius 1 is 1.18 bits per heavy atom. The van der Waals surface area contributed by atoms with E-state index >= 15 is 0 Å². The molecule has 5 N–H and O–H groups in total. The van der Waals surface area contributed by atoms with Gasteiger partial charge in [-0.15, -0.1) is 0 Å². The molecule has 0 radical (unpaired) electrons. The van der Waals surface area contributed by atoms with Crippen molar-refractivity contribution >= 4 is 23.8 Å². The first kappa shape index (κ1) is 12.9. The Hall–Kier alpha value is -2.16. The van der Waals surface area contributed by atoms with Crippen molar-refractivity contribution in [3.63, 3.8) is 0 Å². The number of amides is 1. The molecule has 1 aliphatic heterocycles. The third-order valence-electron chi connectivity index (χ3n) is 2.54. The quantitative estimate of drug-likeness (QED) is 0.390. The van der Waals surface area contributed by atoms with E-state index in [2.05, 4.69) is 0 Å². The lowest BCUT2D eigenvalue weighted by molar-refractivity contribution is -0.159. The SMILES string of the molecule is N[C@@]1(C(=O)O)C[C@H](C(=O)O)N(C(=O)C(=O)O)C1. The summed E-state index contributed by atoms with van der Waals surface area (Å²) in [5, 5.41) is 26.1. The van der Waals surface area contributed by atoms with Gasteiger partial charge in [-0.05, 0) is 0 Å². The van der Waals surface area contributed by atoms with Crippen molar-refractivity contribution in [2.75, 3.05) is 6.54 Å². The number of aliphatic carboxylic acids is 3. The van der Waals surface area contributed by atoms with E-state index in [-0.39, 0.29) is 0 Å². The standard InChI is InChI=1S/C8H10N2O7/c9-8(7(16)17)1-3(5(12)13)10(2-8)4(11)6(14)15/h3H,1-2,9H2,(H,12,13)(H,14,15)(H,16,17)/t3-,8+/m1/s1. The maximum atomic E-state index is 11.2. The number of carboxylic acid groups (broad SMARTS) is 3. The number of likely N-dealkylation sites (tertiary alicyclic amines) is 1. The van der Waals surface area contributed by atoms with Crippen LogP contribution in [0.2, 0.25) is 0 Å². The summed E-state index contributed by atoms with van der Waals surface area (Å²) in [5.74, 6) is -6.31. The highest BCUT2D eigenvalue weighted by molar-refractivity contribution is 6.32. The minimum Gasteiger partial charge on any atom is -0.480 e. The van der Waals surface area contributed by atoms with Crippen LogP contribution in [0, 0.1) is 0 Å². The highest BCUT2D eigenvalue weighted by atomic mass is 16.4. The zero-order valence-electron chi connectivity index (χ0n) is 8.49. The fourth-order valence-electron chi connectivity index (χ4n) is 1.65. The highest BCUT2D eigenvalue weighted by Gasteiger charge is 2.52. The van der Waals surface area contributed by atoms with Gasteiger partial charge < -0.3 is 26.0 Å². The molecule has 9 nitrogen and oxygen atoms in total. The summed E-state index contributed by atoms with van der Waals surface area (Å²) in [6.45, 7) is -0.648. The van der Waals surface area contributed by atoms with Crippen molar-refractivity contribution in [1.82, 2.24) is 4.90 Å². The summed E-state index contributed by atoms with van der Waals surface area (Å²) in [7, 11) is 0. The number of carboxylic acids is 3. The molecule has 0 saturated carbocycles. The van der Waals surface area contributed by atoms with Gasteiger partial charge in [0.1, 0.15) is 11.6 Å². The largest absolute Gasteiger partial charge is 0.480 e. The van der Waals surface area contributed by atoms with Gasteiger partial charge in [-0.25, -0.2) is 9.59 Å². The van der Waals surface area contributed by atoms with E-state index in [9.17, 15) is 19.2 Å². The Morgan fingerprint density at radius 2 is 1.71 bits per heavy atom. The third kappa shape index (κ3) is 2.18. The van der Waals surface area contributed by atoms with Crippen molar-refractivity contribution < 1.29 is 34.5 Å². The van der Waals surface area contributed by atoms with Gasteiger partial charge in [-0.3, -0.25) is 9.59 Å². The summed E-state index contributed by atoms with van der Waals surface area (Å²) in [6.07, 6.45) is -0.531. The van der Waals surface area contributed by atoms with Gasteiger partial charge in [0.25, 0.3) is 0 Å². The first-order valence-corrected chi connectivity index (χ1v) is 4.48. The van der Waals surface area contributed by atoms with E-state index in [1.54, 1.807) is 0 Å². The number of rotatable bonds is 2. The van der Waals surface area contributed by atoms with Gasteiger partial charge >= 0.3 is 23.8 Å². The normalized spacial score (nSPS) is 27.8. The first-order chi connectivity index (χ1) is 7.69. The van der Waals surface area contributed by atoms with E-state index in [1.807, 2.05) is 0 Å². The number of nitrogens with two attached hydrogens (primary N) is 1. The zero-order valence-corrected chi connectivity index (χ0v) is 8.49. The lowest BCUT2D eigenvalue weighted by Gasteiger charge is -2.19. The van der Waals surface area contributed by atoms with Crippen molar-refractivity contribution in [2.24, 2.45) is 5.73 Å². The van der Waals surface area contributed by atoms with Crippen LogP contribution in [0.5, 0.6) is 0 Å². The van der Waals surface area contributed by atoms with Gasteiger partial charge in [0, 0.05) is 6.42 Å². The minimum absolute atomic E-state index is 0.443. The smallest absolute Gasteiger partial charge is 0.394 e. The van der Waals surface area contributed by atoms with Crippen molar-refractivity contribution in [3.8, 4) is 0 Å². The second-order valence-corrected chi connectivity index (χ2v) is 3.76. The van der Waals surface area contributed by atoms with Crippen LogP contribution in [0.25, 0.3) is 0 Å². The van der Waals surface area contributed by atoms with Crippen molar-refractivity contribution in [1.29, 1.82) is 0 Å². The molecule has 0 spiro atoms. The molecule has 1 aliphatic rings. The fourth-order valence-corrected chi connectivity index (χ4v) is 1.65. The summed E-state index contributed by atoms with van der Waals surface area (Å²) in [4.78, 5) is 43.7. The molecule has 9 heteroatoms. The van der Waals surface area contributed by atoms with Crippen molar-refractivity contribution in [3.05, 3.63) is 0 Å². The van der Waals surface area contributed by atoms with Crippen LogP contribution in [0.1, 0.15) is 6.42 Å². The molecule has 94 valence electrons. The Kier molecular flexibility index (Phi) is 3.05. The maximum Gasteiger partial charge on any atom is 0.394 e. The number of hydrogen-bond donors (Lipinski definition) is 4. The monoisotopic (exact) mass is 246 g/mol. The molecule has 17 heavy (non-hydrogen) atoms. The molecule has 0 bridgehead atoms. The van der Waals surface area contributed by atoms with Gasteiger partial charge in [0.15, 0.2) is 0 Å². The first-order valence-electron chi connectivity index (χ1n) is 4.48. The van der Waals surface area contributed by atoms with E-state index in [1.165, 1.54) is 0 Å². The second-order valence-electron chi connectivity index (χ2n) is 3.76. The van der Waals surface area contributed by atoms with Gasteiger partial charge in [0.05, 0.1) is 6.54 Å². The predicted octanol–water partition coefficient (Wildman–Crippen LogP) is -2.46. The second kappa shape index (κ2) is 4.01. The molecular weight excluding hydrogens is 236 g/mol. The molecule has 0 aliphatic carbocycles. The molecule has 0 aromatic heterocycles. The molecule has 1 heterocycles. The van der Waals surface area contributed by atoms with Gasteiger partial charge in [-0.1, -0.05) is 0 Å². The minimum atomic E-state index is -1.94. The lowest BCUT2D eigenvalue weighted by Crippen LogP contribution is -2.51. The molecule has 1 amide bonds. The van der Waals surface area contributed by atoms with Crippen LogP contribution < -0.4 is 5.73 Å². The van der Waals surface area contributed by atoms with E-state index in [4.69, 9.17) is 21.1 Å². The summed E-state index contributed by atoms with van der Waals surface area (Å²) >= 11 is 0. The number of carbonyl (C=O) groups excluding carboxylic acids is 1. The Morgan fingerprint density at radius 3 is 2.06 bits per heavy atom. The van der Waals surface area contributed by atoms with E-state index < -0.39 is 48.4 Å². The summed E-state index contributed by atoms with van der Waals surface area (Å²) in [6, 6.07) is -1.54. The van der Waals surface area contributed by atoms with Crippen LogP contribution >= 0.6 is 0 Å². The predicted molar refractivity (Wildman–Crippen MR) is 49.9 cm³/mol. The Balaban J connectivity index is 3.04. The number of carbonyl (C=O) groups is 4. The van der Waals surface area contributed by atoms with Crippen LogP contribution in [0.15, 0.2) is 0 Å². The van der Waals surface area contributed by atoms with Crippen LogP contribution in [-0.4, -0.2) is 62.2 Å². The number of nitrogens with zero attached hydrogens (tertiary/aromatic N) is 1. The molecule has 0 aromatic rings. The molecule has 0 aromatic carbocycles. The number of hydrogen-bond acceptors (Lipinski definition) is 5. The third-order valence-corrected chi connectivity index (χ3v) is 2.54. The fraction of sp³-hybridized carbons (Fsp3) is 0.500. The maximum absolute atomic E-state index is 11.2. The summed E-state index contributed by atoms with van der Waals surface area (Å²) < 4.78 is 0. The highest BCUT2D eigenvalue weighted by Crippen LogP contribution is 2.26. The van der Waals surface area contributed by atoms with E-state index in [0.29, 0.717) is 4.90 Å². The van der Waals surface area contributed by atoms with Crippen LogP contribution in [-0.2, 0) is 19.2 Å². The molecule has 1 saturated heterocycles. The van der Waals surface area contributed by atoms with Crippen LogP contribution in [0.4, 0.5) is 0 Å². The van der Waals surface area contributed by atoms with Crippen molar-refractivity contribution in [2.45, 2.75) is 18.0 Å². The Labute approximate surface area is 94.4 Å². The topological polar surface area (TPSA) is 158 Å². The molecule has 0 unspecified atom stereocenters. The average Bonchev–Trinajstić information content (AvgIpc) is 2.56. The molecule has 1 fully saturated rings. The molecule has 1 rings (SSSR count). The van der Waals surface area contributed by atoms with E-state index in [0.717, 1.165) is 0 Å². The molecular formula is C8H10N2O7. The van der Waals surface area contributed by atoms with Gasteiger partial charge in [0.2, 0.25) is 0 Å². The Bertz CT molecular complexity index is 407. The van der Waals surface area contributed by atoms with Crippen LogP contribution in [0.3, 0.4) is 0 Å². The lowest BCUT2D eigenvalue weighted by atomic mass is 9.98. The summed E-state index contributed by atoms with van der Waals surface area (Å²) in [5.41, 5.74) is 3.47. The van der Waals surface area contributed by atoms with Gasteiger partial charge in [-0.2, -0.15) is 0 Å². The zero-order chi connectivity index (χ0) is 13.4. The average molecular weight is 246 g/mol.